The molecule has 1 aliphatic rings. The standard InChI is InChI=1S/C25H36N2O/c1-2-3-4-5-7-10-19-13-15-20(16-14-19)22-17-18-23(25(27)24(22)26)28-21-11-8-6-9-12-21/h6,8-9,11-12,17-20H,2-5,7,10,13-16,26-27H2,1H3. The third kappa shape index (κ3) is 5.43. The van der Waals surface area contributed by atoms with Gasteiger partial charge in [0.2, 0.25) is 0 Å². The van der Waals surface area contributed by atoms with E-state index in [1.54, 1.807) is 0 Å². The van der Waals surface area contributed by atoms with E-state index in [1.165, 1.54) is 69.8 Å². The first-order valence-electron chi connectivity index (χ1n) is 11.1. The highest BCUT2D eigenvalue weighted by Gasteiger charge is 2.24. The zero-order valence-corrected chi connectivity index (χ0v) is 17.3. The van der Waals surface area contributed by atoms with E-state index in [9.17, 15) is 0 Å². The highest BCUT2D eigenvalue weighted by Crippen LogP contribution is 2.43. The number of benzene rings is 2. The first kappa shape index (κ1) is 20.6. The second-order valence-corrected chi connectivity index (χ2v) is 8.32. The molecule has 1 saturated carbocycles. The molecule has 1 fully saturated rings. The molecular weight excluding hydrogens is 344 g/mol. The Kier molecular flexibility index (Phi) is 7.64. The molecule has 152 valence electrons. The summed E-state index contributed by atoms with van der Waals surface area (Å²) in [6, 6.07) is 13.8. The quantitative estimate of drug-likeness (QED) is 0.355. The lowest BCUT2D eigenvalue weighted by atomic mass is 9.76. The molecule has 0 aliphatic heterocycles. The number of rotatable bonds is 9. The Morgan fingerprint density at radius 3 is 2.25 bits per heavy atom. The number of ether oxygens (including phenoxy) is 1. The van der Waals surface area contributed by atoms with Gasteiger partial charge in [-0.25, -0.2) is 0 Å². The van der Waals surface area contributed by atoms with E-state index in [4.69, 9.17) is 16.2 Å². The second-order valence-electron chi connectivity index (χ2n) is 8.32. The van der Waals surface area contributed by atoms with Crippen molar-refractivity contribution in [3.8, 4) is 11.5 Å². The number of para-hydroxylation sites is 1. The SMILES string of the molecule is CCCCCCCC1CCC(c2ccc(Oc3ccccc3)c(N)c2N)CC1. The zero-order chi connectivity index (χ0) is 19.8. The maximum atomic E-state index is 6.42. The molecule has 0 atom stereocenters. The third-order valence-corrected chi connectivity index (χ3v) is 6.25. The molecule has 0 amide bonds. The maximum absolute atomic E-state index is 6.42. The molecule has 0 spiro atoms. The van der Waals surface area contributed by atoms with Crippen LogP contribution in [0.1, 0.15) is 82.6 Å². The van der Waals surface area contributed by atoms with Crippen LogP contribution in [0, 0.1) is 5.92 Å². The molecule has 3 nitrogen and oxygen atoms in total. The van der Waals surface area contributed by atoms with Gasteiger partial charge in [0.05, 0.1) is 11.4 Å². The van der Waals surface area contributed by atoms with Crippen LogP contribution in [0.5, 0.6) is 11.5 Å². The molecule has 4 N–H and O–H groups in total. The Morgan fingerprint density at radius 1 is 0.821 bits per heavy atom. The Balaban J connectivity index is 1.54. The van der Waals surface area contributed by atoms with Crippen LogP contribution >= 0.6 is 0 Å². The van der Waals surface area contributed by atoms with Crippen LogP contribution in [0.2, 0.25) is 0 Å². The Labute approximate surface area is 170 Å². The van der Waals surface area contributed by atoms with E-state index < -0.39 is 0 Å². The molecule has 3 heteroatoms. The van der Waals surface area contributed by atoms with E-state index in [0.29, 0.717) is 23.0 Å². The lowest BCUT2D eigenvalue weighted by Crippen LogP contribution is -2.15. The fourth-order valence-electron chi connectivity index (χ4n) is 4.49. The number of nitrogens with two attached hydrogens (primary N) is 2. The van der Waals surface area contributed by atoms with Gasteiger partial charge in [0.25, 0.3) is 0 Å². The van der Waals surface area contributed by atoms with Crippen molar-refractivity contribution in [2.75, 3.05) is 11.5 Å². The summed E-state index contributed by atoms with van der Waals surface area (Å²) in [7, 11) is 0. The summed E-state index contributed by atoms with van der Waals surface area (Å²) in [5.74, 6) is 2.86. The highest BCUT2D eigenvalue weighted by molar-refractivity contribution is 5.75. The summed E-state index contributed by atoms with van der Waals surface area (Å²) in [6.45, 7) is 2.28. The molecule has 0 aromatic heterocycles. The van der Waals surface area contributed by atoms with E-state index in [-0.39, 0.29) is 0 Å². The summed E-state index contributed by atoms with van der Waals surface area (Å²) in [4.78, 5) is 0. The molecule has 3 rings (SSSR count). The van der Waals surface area contributed by atoms with Gasteiger partial charge in [-0.05, 0) is 61.3 Å². The molecule has 2 aromatic rings. The minimum Gasteiger partial charge on any atom is -0.455 e. The van der Waals surface area contributed by atoms with Crippen LogP contribution in [0.3, 0.4) is 0 Å². The number of anilines is 2. The van der Waals surface area contributed by atoms with Gasteiger partial charge in [-0.1, -0.05) is 69.7 Å². The first-order valence-corrected chi connectivity index (χ1v) is 11.1. The van der Waals surface area contributed by atoms with Crippen molar-refractivity contribution in [2.45, 2.75) is 77.0 Å². The van der Waals surface area contributed by atoms with E-state index >= 15 is 0 Å². The van der Waals surface area contributed by atoms with Crippen molar-refractivity contribution in [2.24, 2.45) is 5.92 Å². The minimum absolute atomic E-state index is 0.532. The highest BCUT2D eigenvalue weighted by atomic mass is 16.5. The smallest absolute Gasteiger partial charge is 0.152 e. The van der Waals surface area contributed by atoms with Gasteiger partial charge in [0, 0.05) is 0 Å². The van der Waals surface area contributed by atoms with Crippen molar-refractivity contribution in [1.29, 1.82) is 0 Å². The Morgan fingerprint density at radius 2 is 1.54 bits per heavy atom. The Bertz CT molecular complexity index is 721. The molecule has 28 heavy (non-hydrogen) atoms. The lowest BCUT2D eigenvalue weighted by molar-refractivity contribution is 0.302. The van der Waals surface area contributed by atoms with Crippen LogP contribution in [0.4, 0.5) is 11.4 Å². The molecule has 2 aromatic carbocycles. The van der Waals surface area contributed by atoms with Gasteiger partial charge < -0.3 is 16.2 Å². The van der Waals surface area contributed by atoms with Crippen LogP contribution in [-0.4, -0.2) is 0 Å². The summed E-state index contributed by atoms with van der Waals surface area (Å²) < 4.78 is 5.92. The maximum Gasteiger partial charge on any atom is 0.152 e. The van der Waals surface area contributed by atoms with E-state index in [0.717, 1.165) is 11.7 Å². The number of hydrogen-bond donors (Lipinski definition) is 2. The largest absolute Gasteiger partial charge is 0.455 e. The van der Waals surface area contributed by atoms with Crippen LogP contribution in [0.25, 0.3) is 0 Å². The first-order chi connectivity index (χ1) is 13.7. The fourth-order valence-corrected chi connectivity index (χ4v) is 4.49. The van der Waals surface area contributed by atoms with Crippen molar-refractivity contribution in [3.63, 3.8) is 0 Å². The van der Waals surface area contributed by atoms with Gasteiger partial charge in [0.1, 0.15) is 5.75 Å². The molecule has 1 aliphatic carbocycles. The van der Waals surface area contributed by atoms with Crippen LogP contribution in [-0.2, 0) is 0 Å². The van der Waals surface area contributed by atoms with Crippen molar-refractivity contribution in [1.82, 2.24) is 0 Å². The molecule has 0 bridgehead atoms. The van der Waals surface area contributed by atoms with E-state index in [1.807, 2.05) is 36.4 Å². The van der Waals surface area contributed by atoms with Gasteiger partial charge in [-0.3, -0.25) is 0 Å². The molecule has 0 radical (unpaired) electrons. The normalized spacial score (nSPS) is 19.5. The average Bonchev–Trinajstić information content (AvgIpc) is 2.73. The van der Waals surface area contributed by atoms with Gasteiger partial charge in [-0.15, -0.1) is 0 Å². The number of hydrogen-bond acceptors (Lipinski definition) is 3. The second kappa shape index (κ2) is 10.4. The van der Waals surface area contributed by atoms with Gasteiger partial charge in [-0.2, -0.15) is 0 Å². The zero-order valence-electron chi connectivity index (χ0n) is 17.3. The number of unbranched alkanes of at least 4 members (excludes halogenated alkanes) is 4. The summed E-state index contributed by atoms with van der Waals surface area (Å²) in [5.41, 5.74) is 15.2. The average molecular weight is 381 g/mol. The molecule has 0 saturated heterocycles. The van der Waals surface area contributed by atoms with Crippen molar-refractivity contribution < 1.29 is 4.74 Å². The lowest BCUT2D eigenvalue weighted by Gasteiger charge is -2.30. The van der Waals surface area contributed by atoms with Crippen LogP contribution < -0.4 is 16.2 Å². The monoisotopic (exact) mass is 380 g/mol. The fraction of sp³-hybridized carbons (Fsp3) is 0.520. The predicted octanol–water partition coefficient (Wildman–Crippen LogP) is 7.28. The summed E-state index contributed by atoms with van der Waals surface area (Å²) >= 11 is 0. The summed E-state index contributed by atoms with van der Waals surface area (Å²) in [5, 5.41) is 0. The van der Waals surface area contributed by atoms with E-state index in [2.05, 4.69) is 13.0 Å². The van der Waals surface area contributed by atoms with Crippen LogP contribution in [0.15, 0.2) is 42.5 Å². The van der Waals surface area contributed by atoms with Crippen molar-refractivity contribution >= 4 is 11.4 Å². The van der Waals surface area contributed by atoms with Gasteiger partial charge in [0.15, 0.2) is 5.75 Å². The topological polar surface area (TPSA) is 61.3 Å². The van der Waals surface area contributed by atoms with Crippen molar-refractivity contribution in [3.05, 3.63) is 48.0 Å². The molecule has 0 heterocycles. The van der Waals surface area contributed by atoms with Gasteiger partial charge >= 0.3 is 0 Å². The minimum atomic E-state index is 0.532. The predicted molar refractivity (Wildman–Crippen MR) is 120 cm³/mol. The molecular formula is C25H36N2O. The third-order valence-electron chi connectivity index (χ3n) is 6.25. The molecule has 0 unspecified atom stereocenters. The number of nitrogen functional groups attached to an aromatic ring is 2. The summed E-state index contributed by atoms with van der Waals surface area (Å²) in [6.07, 6.45) is 13.4. The Hall–Kier alpha value is -2.16.